The molecule has 0 radical (unpaired) electrons. The van der Waals surface area contributed by atoms with E-state index in [1.165, 1.54) is 0 Å². The van der Waals surface area contributed by atoms with E-state index in [1.54, 1.807) is 11.9 Å². The molecule has 2 aromatic rings. The van der Waals surface area contributed by atoms with E-state index in [0.29, 0.717) is 17.8 Å². The number of hydrogen-bond donors (Lipinski definition) is 1. The summed E-state index contributed by atoms with van der Waals surface area (Å²) in [5.41, 5.74) is 7.98. The molecule has 0 aliphatic rings. The first kappa shape index (κ1) is 13.1. The van der Waals surface area contributed by atoms with Crippen LogP contribution >= 0.6 is 0 Å². The Labute approximate surface area is 113 Å². The standard InChI is InChI=1S/C16H18N2O/c1-11(2)10-18(3)16(19)14-8-12-6-4-5-7-13(12)9-15(14)17/h4-9H,1,10,17H2,2-3H3. The molecule has 0 spiro atoms. The lowest BCUT2D eigenvalue weighted by molar-refractivity contribution is 0.0808. The molecule has 0 aliphatic carbocycles. The molecular weight excluding hydrogens is 236 g/mol. The zero-order valence-electron chi connectivity index (χ0n) is 11.3. The number of hydrogen-bond acceptors (Lipinski definition) is 2. The lowest BCUT2D eigenvalue weighted by Gasteiger charge is -2.18. The molecule has 19 heavy (non-hydrogen) atoms. The predicted molar refractivity (Wildman–Crippen MR) is 80.1 cm³/mol. The minimum atomic E-state index is -0.0775. The van der Waals surface area contributed by atoms with Gasteiger partial charge in [-0.2, -0.15) is 0 Å². The van der Waals surface area contributed by atoms with Crippen molar-refractivity contribution < 1.29 is 4.79 Å². The van der Waals surface area contributed by atoms with Gasteiger partial charge in [0.05, 0.1) is 5.56 Å². The van der Waals surface area contributed by atoms with Gasteiger partial charge in [-0.15, -0.1) is 0 Å². The van der Waals surface area contributed by atoms with Gasteiger partial charge >= 0.3 is 0 Å². The number of anilines is 1. The molecule has 0 aliphatic heterocycles. The van der Waals surface area contributed by atoms with E-state index in [0.717, 1.165) is 16.3 Å². The predicted octanol–water partition coefficient (Wildman–Crippen LogP) is 3.07. The largest absolute Gasteiger partial charge is 0.398 e. The van der Waals surface area contributed by atoms with Gasteiger partial charge in [0.1, 0.15) is 0 Å². The van der Waals surface area contributed by atoms with Crippen LogP contribution in [0.2, 0.25) is 0 Å². The second-order valence-electron chi connectivity index (χ2n) is 4.90. The smallest absolute Gasteiger partial charge is 0.255 e. The van der Waals surface area contributed by atoms with Gasteiger partial charge in [-0.25, -0.2) is 0 Å². The number of benzene rings is 2. The summed E-state index contributed by atoms with van der Waals surface area (Å²) in [6.07, 6.45) is 0. The van der Waals surface area contributed by atoms with E-state index >= 15 is 0 Å². The van der Waals surface area contributed by atoms with Crippen molar-refractivity contribution in [1.82, 2.24) is 4.90 Å². The number of nitrogens with two attached hydrogens (primary N) is 1. The maximum Gasteiger partial charge on any atom is 0.255 e. The zero-order valence-corrected chi connectivity index (χ0v) is 11.3. The lowest BCUT2D eigenvalue weighted by Crippen LogP contribution is -2.28. The van der Waals surface area contributed by atoms with Crippen molar-refractivity contribution in [3.63, 3.8) is 0 Å². The Hall–Kier alpha value is -2.29. The molecule has 0 heterocycles. The summed E-state index contributed by atoms with van der Waals surface area (Å²) in [4.78, 5) is 14.0. The zero-order chi connectivity index (χ0) is 14.0. The highest BCUT2D eigenvalue weighted by molar-refractivity contribution is 6.03. The molecule has 0 aromatic heterocycles. The van der Waals surface area contributed by atoms with Crippen molar-refractivity contribution in [1.29, 1.82) is 0 Å². The summed E-state index contributed by atoms with van der Waals surface area (Å²) in [7, 11) is 1.76. The van der Waals surface area contributed by atoms with Crippen LogP contribution in [0, 0.1) is 0 Å². The molecule has 1 amide bonds. The summed E-state index contributed by atoms with van der Waals surface area (Å²) in [5, 5.41) is 2.06. The molecule has 0 fully saturated rings. The summed E-state index contributed by atoms with van der Waals surface area (Å²) in [6, 6.07) is 11.6. The molecule has 0 unspecified atom stereocenters. The third-order valence-electron chi connectivity index (χ3n) is 3.00. The molecule has 3 nitrogen and oxygen atoms in total. The van der Waals surface area contributed by atoms with Gasteiger partial charge in [0.25, 0.3) is 5.91 Å². The normalized spacial score (nSPS) is 10.4. The summed E-state index contributed by atoms with van der Waals surface area (Å²) in [6.45, 7) is 6.25. The van der Waals surface area contributed by atoms with E-state index in [9.17, 15) is 4.79 Å². The van der Waals surface area contributed by atoms with Crippen molar-refractivity contribution in [3.05, 3.63) is 54.1 Å². The second kappa shape index (κ2) is 5.14. The van der Waals surface area contributed by atoms with Gasteiger partial charge in [0.2, 0.25) is 0 Å². The van der Waals surface area contributed by atoms with Crippen LogP contribution in [-0.2, 0) is 0 Å². The molecule has 3 heteroatoms. The minimum Gasteiger partial charge on any atom is -0.398 e. The minimum absolute atomic E-state index is 0.0775. The highest BCUT2D eigenvalue weighted by Crippen LogP contribution is 2.23. The molecule has 0 saturated heterocycles. The van der Waals surface area contributed by atoms with Crippen LogP contribution in [0.1, 0.15) is 17.3 Å². The van der Waals surface area contributed by atoms with Crippen LogP contribution in [0.15, 0.2) is 48.6 Å². The van der Waals surface area contributed by atoms with Crippen LogP contribution in [0.25, 0.3) is 10.8 Å². The number of fused-ring (bicyclic) bond motifs is 1. The Morgan fingerprint density at radius 1 is 1.26 bits per heavy atom. The van der Waals surface area contributed by atoms with Crippen molar-refractivity contribution in [2.24, 2.45) is 0 Å². The van der Waals surface area contributed by atoms with Gasteiger partial charge in [-0.3, -0.25) is 4.79 Å². The van der Waals surface area contributed by atoms with Crippen molar-refractivity contribution in [2.75, 3.05) is 19.3 Å². The third kappa shape index (κ3) is 2.76. The molecule has 2 rings (SSSR count). The first-order valence-electron chi connectivity index (χ1n) is 6.17. The highest BCUT2D eigenvalue weighted by Gasteiger charge is 2.15. The van der Waals surface area contributed by atoms with Crippen molar-refractivity contribution >= 4 is 22.4 Å². The topological polar surface area (TPSA) is 46.3 Å². The van der Waals surface area contributed by atoms with Crippen LogP contribution < -0.4 is 5.73 Å². The van der Waals surface area contributed by atoms with E-state index < -0.39 is 0 Å². The number of nitrogens with zero attached hydrogens (tertiary/aromatic N) is 1. The number of likely N-dealkylation sites (N-methyl/N-ethyl adjacent to an activating group) is 1. The lowest BCUT2D eigenvalue weighted by atomic mass is 10.0. The molecule has 2 aromatic carbocycles. The fourth-order valence-electron chi connectivity index (χ4n) is 2.13. The van der Waals surface area contributed by atoms with Gasteiger partial charge < -0.3 is 10.6 Å². The monoisotopic (exact) mass is 254 g/mol. The van der Waals surface area contributed by atoms with Gasteiger partial charge in [0.15, 0.2) is 0 Å². The van der Waals surface area contributed by atoms with Crippen molar-refractivity contribution in [3.8, 4) is 0 Å². The highest BCUT2D eigenvalue weighted by atomic mass is 16.2. The summed E-state index contributed by atoms with van der Waals surface area (Å²) in [5.74, 6) is -0.0775. The molecule has 0 atom stereocenters. The van der Waals surface area contributed by atoms with Crippen LogP contribution in [-0.4, -0.2) is 24.4 Å². The maximum absolute atomic E-state index is 12.3. The average molecular weight is 254 g/mol. The maximum atomic E-state index is 12.3. The molecular formula is C16H18N2O. The van der Waals surface area contributed by atoms with Gasteiger partial charge in [0, 0.05) is 19.3 Å². The van der Waals surface area contributed by atoms with Gasteiger partial charge in [-0.1, -0.05) is 36.4 Å². The summed E-state index contributed by atoms with van der Waals surface area (Å²) >= 11 is 0. The fourth-order valence-corrected chi connectivity index (χ4v) is 2.13. The Morgan fingerprint density at radius 2 is 1.84 bits per heavy atom. The van der Waals surface area contributed by atoms with Crippen LogP contribution in [0.3, 0.4) is 0 Å². The molecule has 0 saturated carbocycles. The van der Waals surface area contributed by atoms with Crippen molar-refractivity contribution in [2.45, 2.75) is 6.92 Å². The van der Waals surface area contributed by atoms with E-state index in [1.807, 2.05) is 43.3 Å². The number of nitrogen functional groups attached to an aromatic ring is 1. The second-order valence-corrected chi connectivity index (χ2v) is 4.90. The van der Waals surface area contributed by atoms with E-state index in [-0.39, 0.29) is 5.91 Å². The number of carbonyl (C=O) groups excluding carboxylic acids is 1. The third-order valence-corrected chi connectivity index (χ3v) is 3.00. The summed E-state index contributed by atoms with van der Waals surface area (Å²) < 4.78 is 0. The Balaban J connectivity index is 2.41. The molecule has 2 N–H and O–H groups in total. The SMILES string of the molecule is C=C(C)CN(C)C(=O)c1cc2ccccc2cc1N. The first-order valence-corrected chi connectivity index (χ1v) is 6.17. The number of carbonyl (C=O) groups is 1. The number of rotatable bonds is 3. The Bertz CT molecular complexity index is 646. The fraction of sp³-hybridized carbons (Fsp3) is 0.188. The molecule has 98 valence electrons. The number of amides is 1. The van der Waals surface area contributed by atoms with E-state index in [4.69, 9.17) is 5.73 Å². The average Bonchev–Trinajstić information content (AvgIpc) is 2.36. The Morgan fingerprint density at radius 3 is 2.42 bits per heavy atom. The van der Waals surface area contributed by atoms with Gasteiger partial charge in [-0.05, 0) is 29.8 Å². The van der Waals surface area contributed by atoms with Crippen LogP contribution in [0.5, 0.6) is 0 Å². The van der Waals surface area contributed by atoms with Crippen LogP contribution in [0.4, 0.5) is 5.69 Å². The quantitative estimate of drug-likeness (QED) is 0.676. The first-order chi connectivity index (χ1) is 8.99. The Kier molecular flexibility index (Phi) is 3.56. The van der Waals surface area contributed by atoms with E-state index in [2.05, 4.69) is 6.58 Å². The molecule has 0 bridgehead atoms.